The van der Waals surface area contributed by atoms with Crippen LogP contribution in [0.15, 0.2) is 41.3 Å². The molecule has 1 aliphatic rings. The predicted molar refractivity (Wildman–Crippen MR) is 108 cm³/mol. The van der Waals surface area contributed by atoms with E-state index in [0.717, 1.165) is 6.42 Å². The second-order valence-corrected chi connectivity index (χ2v) is 9.13. The number of rotatable bonds is 4. The summed E-state index contributed by atoms with van der Waals surface area (Å²) in [5.74, 6) is 0. The third kappa shape index (κ3) is 3.72. The van der Waals surface area contributed by atoms with Crippen molar-refractivity contribution < 1.29 is 8.42 Å². The van der Waals surface area contributed by atoms with Gasteiger partial charge in [0.15, 0.2) is 0 Å². The summed E-state index contributed by atoms with van der Waals surface area (Å²) in [6.07, 6.45) is 0.953. The van der Waals surface area contributed by atoms with Crippen LogP contribution in [0.5, 0.6) is 0 Å². The molecule has 1 heterocycles. The maximum atomic E-state index is 13.0. The number of nitrogens with zero attached hydrogens (tertiary/aromatic N) is 2. The molecule has 0 unspecified atom stereocenters. The first-order valence-electron chi connectivity index (χ1n) is 8.63. The Kier molecular flexibility index (Phi) is 5.82. The Labute approximate surface area is 165 Å². The fourth-order valence-corrected chi connectivity index (χ4v) is 5.48. The molecular weight excluding hydrogens is 391 g/mol. The van der Waals surface area contributed by atoms with Gasteiger partial charge in [-0.3, -0.25) is 0 Å². The zero-order valence-corrected chi connectivity index (χ0v) is 17.2. The fourth-order valence-electron chi connectivity index (χ4n) is 3.26. The lowest BCUT2D eigenvalue weighted by Crippen LogP contribution is -2.49. The Balaban J connectivity index is 1.80. The number of benzene rings is 2. The molecule has 0 atom stereocenters. The molecular formula is C19H22Cl2N2O2S. The number of sulfonamides is 1. The molecule has 0 amide bonds. The quantitative estimate of drug-likeness (QED) is 0.747. The highest BCUT2D eigenvalue weighted by Crippen LogP contribution is 2.31. The third-order valence-electron chi connectivity index (χ3n) is 4.78. The third-order valence-corrected chi connectivity index (χ3v) is 7.55. The summed E-state index contributed by atoms with van der Waals surface area (Å²) in [7, 11) is -3.64. The lowest BCUT2D eigenvalue weighted by Gasteiger charge is -2.36. The second kappa shape index (κ2) is 7.77. The number of hydrogen-bond acceptors (Lipinski definition) is 3. The molecule has 0 spiro atoms. The van der Waals surface area contributed by atoms with E-state index in [-0.39, 0.29) is 9.92 Å². The van der Waals surface area contributed by atoms with E-state index in [4.69, 9.17) is 23.2 Å². The molecule has 1 fully saturated rings. The van der Waals surface area contributed by atoms with Crippen molar-refractivity contribution in [2.24, 2.45) is 0 Å². The minimum absolute atomic E-state index is 0.128. The summed E-state index contributed by atoms with van der Waals surface area (Å²) in [6.45, 7) is 6.07. The molecule has 2 aromatic rings. The first-order valence-corrected chi connectivity index (χ1v) is 10.8. The van der Waals surface area contributed by atoms with Crippen LogP contribution in [0.1, 0.15) is 18.1 Å². The van der Waals surface area contributed by atoms with Gasteiger partial charge in [0.05, 0.1) is 5.02 Å². The number of aryl methyl sites for hydroxylation is 2. The van der Waals surface area contributed by atoms with Crippen LogP contribution >= 0.6 is 23.2 Å². The van der Waals surface area contributed by atoms with E-state index in [0.29, 0.717) is 36.8 Å². The average molecular weight is 413 g/mol. The van der Waals surface area contributed by atoms with Crippen molar-refractivity contribution in [1.82, 2.24) is 4.31 Å². The predicted octanol–water partition coefficient (Wildman–Crippen LogP) is 4.38. The Morgan fingerprint density at radius 1 is 1.00 bits per heavy atom. The first-order chi connectivity index (χ1) is 12.3. The van der Waals surface area contributed by atoms with E-state index in [1.807, 2.05) is 12.1 Å². The van der Waals surface area contributed by atoms with E-state index in [9.17, 15) is 8.42 Å². The van der Waals surface area contributed by atoms with Crippen molar-refractivity contribution in [1.29, 1.82) is 0 Å². The number of halogens is 2. The summed E-state index contributed by atoms with van der Waals surface area (Å²) in [5, 5.41) is 0.634. The second-order valence-electron chi connectivity index (χ2n) is 6.41. The van der Waals surface area contributed by atoms with E-state index >= 15 is 0 Å². The lowest BCUT2D eigenvalue weighted by atomic mass is 10.1. The first kappa shape index (κ1) is 19.5. The van der Waals surface area contributed by atoms with E-state index in [1.165, 1.54) is 21.6 Å². The maximum Gasteiger partial charge on any atom is 0.244 e. The van der Waals surface area contributed by atoms with Gasteiger partial charge >= 0.3 is 0 Å². The smallest absolute Gasteiger partial charge is 0.244 e. The van der Waals surface area contributed by atoms with Crippen molar-refractivity contribution in [3.05, 3.63) is 57.6 Å². The van der Waals surface area contributed by atoms with Gasteiger partial charge < -0.3 is 4.90 Å². The van der Waals surface area contributed by atoms with Crippen LogP contribution in [0.3, 0.4) is 0 Å². The van der Waals surface area contributed by atoms with Crippen LogP contribution in [-0.4, -0.2) is 38.9 Å². The molecule has 0 N–H and O–H groups in total. The topological polar surface area (TPSA) is 40.6 Å². The Hall–Kier alpha value is -1.27. The molecule has 3 rings (SSSR count). The zero-order chi connectivity index (χ0) is 18.9. The molecule has 1 aliphatic heterocycles. The summed E-state index contributed by atoms with van der Waals surface area (Å²) in [4.78, 5) is 2.38. The number of hydrogen-bond donors (Lipinski definition) is 0. The molecule has 26 heavy (non-hydrogen) atoms. The molecule has 0 aromatic heterocycles. The van der Waals surface area contributed by atoms with Crippen LogP contribution in [0, 0.1) is 6.92 Å². The highest BCUT2D eigenvalue weighted by Gasteiger charge is 2.31. The zero-order valence-electron chi connectivity index (χ0n) is 14.9. The average Bonchev–Trinajstić information content (AvgIpc) is 2.64. The molecule has 0 radical (unpaired) electrons. The summed E-state index contributed by atoms with van der Waals surface area (Å²) >= 11 is 12.2. The minimum Gasteiger partial charge on any atom is -0.369 e. The normalized spacial score (nSPS) is 16.1. The maximum absolute atomic E-state index is 13.0. The number of anilines is 1. The molecule has 7 heteroatoms. The molecule has 0 saturated carbocycles. The highest BCUT2D eigenvalue weighted by molar-refractivity contribution is 7.89. The largest absolute Gasteiger partial charge is 0.369 e. The van der Waals surface area contributed by atoms with Crippen molar-refractivity contribution in [2.75, 3.05) is 31.1 Å². The van der Waals surface area contributed by atoms with Crippen molar-refractivity contribution in [2.45, 2.75) is 25.2 Å². The molecule has 140 valence electrons. The molecule has 0 aliphatic carbocycles. The van der Waals surface area contributed by atoms with Crippen LogP contribution in [0.2, 0.25) is 10.0 Å². The van der Waals surface area contributed by atoms with Crippen molar-refractivity contribution in [3.8, 4) is 0 Å². The van der Waals surface area contributed by atoms with E-state index in [1.54, 1.807) is 13.0 Å². The molecule has 0 bridgehead atoms. The Bertz CT molecular complexity index is 908. The standard InChI is InChI=1S/C19H22Cl2N2O2S/c1-3-15-6-4-5-7-18(15)22-8-10-23(11-9-22)26(24,25)19-12-14(2)16(20)13-17(19)21/h4-7,12-13H,3,8-11H2,1-2H3. The van der Waals surface area contributed by atoms with Crippen molar-refractivity contribution >= 4 is 38.9 Å². The Morgan fingerprint density at radius 2 is 1.65 bits per heavy atom. The SMILES string of the molecule is CCc1ccccc1N1CCN(S(=O)(=O)c2cc(C)c(Cl)cc2Cl)CC1. The van der Waals surface area contributed by atoms with E-state index < -0.39 is 10.0 Å². The van der Waals surface area contributed by atoms with Gasteiger partial charge in [0.2, 0.25) is 10.0 Å². The van der Waals surface area contributed by atoms with Gasteiger partial charge in [-0.1, -0.05) is 48.3 Å². The van der Waals surface area contributed by atoms with Gasteiger partial charge in [0.1, 0.15) is 4.90 Å². The number of para-hydroxylation sites is 1. The Morgan fingerprint density at radius 3 is 2.31 bits per heavy atom. The number of piperazine rings is 1. The minimum atomic E-state index is -3.64. The lowest BCUT2D eigenvalue weighted by molar-refractivity contribution is 0.384. The van der Waals surface area contributed by atoms with Gasteiger partial charge in [-0.15, -0.1) is 0 Å². The van der Waals surface area contributed by atoms with Gasteiger partial charge in [-0.2, -0.15) is 4.31 Å². The summed E-state index contributed by atoms with van der Waals surface area (Å²) < 4.78 is 27.5. The molecule has 4 nitrogen and oxygen atoms in total. The van der Waals surface area contributed by atoms with Gasteiger partial charge in [0.25, 0.3) is 0 Å². The van der Waals surface area contributed by atoms with Crippen LogP contribution in [-0.2, 0) is 16.4 Å². The monoisotopic (exact) mass is 412 g/mol. The molecule has 1 saturated heterocycles. The molecule has 2 aromatic carbocycles. The van der Waals surface area contributed by atoms with Crippen LogP contribution in [0.4, 0.5) is 5.69 Å². The summed E-state index contributed by atoms with van der Waals surface area (Å²) in [6, 6.07) is 11.3. The van der Waals surface area contributed by atoms with Gasteiger partial charge in [-0.25, -0.2) is 8.42 Å². The fraction of sp³-hybridized carbons (Fsp3) is 0.368. The highest BCUT2D eigenvalue weighted by atomic mass is 35.5. The van der Waals surface area contributed by atoms with Crippen molar-refractivity contribution in [3.63, 3.8) is 0 Å². The van der Waals surface area contributed by atoms with Gasteiger partial charge in [-0.05, 0) is 42.7 Å². The van der Waals surface area contributed by atoms with Crippen LogP contribution in [0.25, 0.3) is 0 Å². The van der Waals surface area contributed by atoms with E-state index in [2.05, 4.69) is 24.0 Å². The van der Waals surface area contributed by atoms with Crippen LogP contribution < -0.4 is 4.90 Å². The summed E-state index contributed by atoms with van der Waals surface area (Å²) in [5.41, 5.74) is 3.16. The van der Waals surface area contributed by atoms with Gasteiger partial charge in [0, 0.05) is 36.9 Å².